The van der Waals surface area contributed by atoms with Crippen molar-refractivity contribution in [1.82, 2.24) is 5.32 Å². The predicted molar refractivity (Wildman–Crippen MR) is 74.9 cm³/mol. The first kappa shape index (κ1) is 13.1. The molecule has 0 amide bonds. The van der Waals surface area contributed by atoms with Gasteiger partial charge in [-0.1, -0.05) is 24.1 Å². The maximum atomic E-state index is 9.33. The smallest absolute Gasteiger partial charge is 0.134 e. The Balaban J connectivity index is 1.83. The molecule has 94 valence electrons. The van der Waals surface area contributed by atoms with Crippen LogP contribution in [0.1, 0.15) is 24.8 Å². The summed E-state index contributed by atoms with van der Waals surface area (Å²) in [5, 5.41) is 13.2. The van der Waals surface area contributed by atoms with Gasteiger partial charge in [0.2, 0.25) is 0 Å². The van der Waals surface area contributed by atoms with Gasteiger partial charge in [-0.15, -0.1) is 0 Å². The number of phenols is 1. The summed E-state index contributed by atoms with van der Waals surface area (Å²) >= 11 is 7.84. The highest BCUT2D eigenvalue weighted by molar-refractivity contribution is 8.00. The quantitative estimate of drug-likeness (QED) is 0.861. The Kier molecular flexibility index (Phi) is 4.23. The zero-order valence-corrected chi connectivity index (χ0v) is 11.6. The van der Waals surface area contributed by atoms with Crippen LogP contribution in [-0.4, -0.2) is 22.7 Å². The summed E-state index contributed by atoms with van der Waals surface area (Å²) in [6.45, 7) is 1.86. The molecule has 1 fully saturated rings. The van der Waals surface area contributed by atoms with E-state index in [1.54, 1.807) is 6.07 Å². The molecule has 0 atom stereocenters. The summed E-state index contributed by atoms with van der Waals surface area (Å²) in [6.07, 6.45) is 6.18. The number of hydrogen-bond donors (Lipinski definition) is 2. The zero-order valence-electron chi connectivity index (χ0n) is 10.0. The topological polar surface area (TPSA) is 32.3 Å². The highest BCUT2D eigenvalue weighted by Crippen LogP contribution is 2.42. The Morgan fingerprint density at radius 2 is 2.24 bits per heavy atom. The van der Waals surface area contributed by atoms with Crippen LogP contribution in [0.15, 0.2) is 18.2 Å². The van der Waals surface area contributed by atoms with Crippen LogP contribution in [0.2, 0.25) is 5.02 Å². The van der Waals surface area contributed by atoms with Crippen molar-refractivity contribution in [2.24, 2.45) is 0 Å². The maximum absolute atomic E-state index is 9.33. The number of nitrogens with one attached hydrogen (secondary N) is 1. The molecule has 2 rings (SSSR count). The molecule has 2 N–H and O–H groups in total. The molecule has 0 saturated heterocycles. The average Bonchev–Trinajstić information content (AvgIpc) is 2.27. The van der Waals surface area contributed by atoms with Crippen LogP contribution in [-0.2, 0) is 6.54 Å². The fourth-order valence-electron chi connectivity index (χ4n) is 2.12. The molecule has 0 aliphatic heterocycles. The standard InChI is InChI=1S/C13H18ClNOS/c1-17-13(5-2-6-13)9-15-8-10-3-4-12(16)11(14)7-10/h3-4,7,15-16H,2,5-6,8-9H2,1H3. The maximum Gasteiger partial charge on any atom is 0.134 e. The van der Waals surface area contributed by atoms with Crippen molar-refractivity contribution in [2.45, 2.75) is 30.6 Å². The third kappa shape index (κ3) is 3.09. The minimum absolute atomic E-state index is 0.148. The molecule has 1 aromatic carbocycles. The lowest BCUT2D eigenvalue weighted by atomic mass is 9.84. The molecular weight excluding hydrogens is 254 g/mol. The summed E-state index contributed by atoms with van der Waals surface area (Å²) in [6, 6.07) is 5.37. The summed E-state index contributed by atoms with van der Waals surface area (Å²) in [4.78, 5) is 0. The Bertz CT molecular complexity index is 387. The Labute approximate surface area is 112 Å². The molecule has 1 aliphatic carbocycles. The number of rotatable bonds is 5. The van der Waals surface area contributed by atoms with Crippen LogP contribution in [0, 0.1) is 0 Å². The van der Waals surface area contributed by atoms with Crippen LogP contribution < -0.4 is 5.32 Å². The SMILES string of the molecule is CSC1(CNCc2ccc(O)c(Cl)c2)CCC1. The lowest BCUT2D eigenvalue weighted by Gasteiger charge is -2.40. The van der Waals surface area contributed by atoms with Gasteiger partial charge in [-0.3, -0.25) is 0 Å². The Morgan fingerprint density at radius 3 is 2.76 bits per heavy atom. The van der Waals surface area contributed by atoms with Crippen LogP contribution in [0.5, 0.6) is 5.75 Å². The summed E-state index contributed by atoms with van der Waals surface area (Å²) in [5.41, 5.74) is 1.11. The first-order valence-corrected chi connectivity index (χ1v) is 7.49. The summed E-state index contributed by atoms with van der Waals surface area (Å²) in [7, 11) is 0. The van der Waals surface area contributed by atoms with Gasteiger partial charge in [-0.05, 0) is 36.8 Å². The Morgan fingerprint density at radius 1 is 1.47 bits per heavy atom. The Hall–Kier alpha value is -0.380. The van der Waals surface area contributed by atoms with Crippen LogP contribution in [0.3, 0.4) is 0 Å². The van der Waals surface area contributed by atoms with Gasteiger partial charge in [-0.2, -0.15) is 11.8 Å². The monoisotopic (exact) mass is 271 g/mol. The van der Waals surface area contributed by atoms with Gasteiger partial charge >= 0.3 is 0 Å². The van der Waals surface area contributed by atoms with Gasteiger partial charge in [0.25, 0.3) is 0 Å². The zero-order chi connectivity index (χ0) is 12.3. The van der Waals surface area contributed by atoms with Gasteiger partial charge in [-0.25, -0.2) is 0 Å². The van der Waals surface area contributed by atoms with Gasteiger partial charge in [0, 0.05) is 17.8 Å². The van der Waals surface area contributed by atoms with E-state index in [0.717, 1.165) is 18.7 Å². The van der Waals surface area contributed by atoms with Crippen molar-refractivity contribution >= 4 is 23.4 Å². The fraction of sp³-hybridized carbons (Fsp3) is 0.538. The molecule has 1 aliphatic rings. The van der Waals surface area contributed by atoms with E-state index < -0.39 is 0 Å². The van der Waals surface area contributed by atoms with Crippen molar-refractivity contribution in [3.8, 4) is 5.75 Å². The minimum atomic E-state index is 0.148. The van der Waals surface area contributed by atoms with Crippen molar-refractivity contribution in [1.29, 1.82) is 0 Å². The normalized spacial score (nSPS) is 17.8. The van der Waals surface area contributed by atoms with E-state index in [0.29, 0.717) is 9.77 Å². The lowest BCUT2D eigenvalue weighted by molar-refractivity contribution is 0.345. The van der Waals surface area contributed by atoms with E-state index in [9.17, 15) is 5.11 Å². The molecular formula is C13H18ClNOS. The van der Waals surface area contributed by atoms with Crippen LogP contribution in [0.4, 0.5) is 0 Å². The minimum Gasteiger partial charge on any atom is -0.506 e. The van der Waals surface area contributed by atoms with E-state index in [4.69, 9.17) is 11.6 Å². The molecule has 0 aromatic heterocycles. The van der Waals surface area contributed by atoms with Crippen molar-refractivity contribution in [3.05, 3.63) is 28.8 Å². The second kappa shape index (κ2) is 5.51. The molecule has 2 nitrogen and oxygen atoms in total. The molecule has 4 heteroatoms. The molecule has 0 spiro atoms. The van der Waals surface area contributed by atoms with Gasteiger partial charge in [0.05, 0.1) is 5.02 Å². The van der Waals surface area contributed by atoms with Crippen molar-refractivity contribution in [2.75, 3.05) is 12.8 Å². The number of thioether (sulfide) groups is 1. The molecule has 17 heavy (non-hydrogen) atoms. The molecule has 1 saturated carbocycles. The molecule has 0 heterocycles. The second-order valence-electron chi connectivity index (χ2n) is 4.63. The van der Waals surface area contributed by atoms with E-state index in [-0.39, 0.29) is 5.75 Å². The largest absolute Gasteiger partial charge is 0.506 e. The van der Waals surface area contributed by atoms with Crippen LogP contribution in [0.25, 0.3) is 0 Å². The van der Waals surface area contributed by atoms with E-state index in [2.05, 4.69) is 11.6 Å². The third-order valence-corrected chi connectivity index (χ3v) is 5.21. The molecule has 0 unspecified atom stereocenters. The summed E-state index contributed by atoms with van der Waals surface area (Å²) in [5.74, 6) is 0.148. The van der Waals surface area contributed by atoms with E-state index >= 15 is 0 Å². The van der Waals surface area contributed by atoms with E-state index in [1.165, 1.54) is 19.3 Å². The lowest BCUT2D eigenvalue weighted by Crippen LogP contribution is -2.43. The van der Waals surface area contributed by atoms with Crippen LogP contribution >= 0.6 is 23.4 Å². The number of aromatic hydroxyl groups is 1. The highest BCUT2D eigenvalue weighted by atomic mass is 35.5. The van der Waals surface area contributed by atoms with Crippen molar-refractivity contribution < 1.29 is 5.11 Å². The first-order chi connectivity index (χ1) is 8.15. The van der Waals surface area contributed by atoms with E-state index in [1.807, 2.05) is 23.9 Å². The van der Waals surface area contributed by atoms with Crippen molar-refractivity contribution in [3.63, 3.8) is 0 Å². The number of benzene rings is 1. The van der Waals surface area contributed by atoms with Gasteiger partial charge in [0.1, 0.15) is 5.75 Å². The molecule has 0 bridgehead atoms. The third-order valence-electron chi connectivity index (χ3n) is 3.49. The number of phenolic OH excluding ortho intramolecular Hbond substituents is 1. The average molecular weight is 272 g/mol. The number of halogens is 1. The number of hydrogen-bond acceptors (Lipinski definition) is 3. The predicted octanol–water partition coefficient (Wildman–Crippen LogP) is 3.42. The second-order valence-corrected chi connectivity index (χ2v) is 6.31. The van der Waals surface area contributed by atoms with Gasteiger partial charge in [0.15, 0.2) is 0 Å². The first-order valence-electron chi connectivity index (χ1n) is 5.88. The van der Waals surface area contributed by atoms with Gasteiger partial charge < -0.3 is 10.4 Å². The molecule has 0 radical (unpaired) electrons. The summed E-state index contributed by atoms with van der Waals surface area (Å²) < 4.78 is 0.459. The highest BCUT2D eigenvalue weighted by Gasteiger charge is 2.35. The molecule has 1 aromatic rings. The fourth-order valence-corrected chi connectivity index (χ4v) is 3.27.